The number of hydrogen-bond donors (Lipinski definition) is 0. The average molecular weight is 320 g/mol. The molecule has 2 aromatic rings. The zero-order chi connectivity index (χ0) is 16.5. The fourth-order valence-electron chi connectivity index (χ4n) is 1.98. The van der Waals surface area contributed by atoms with Gasteiger partial charge in [-0.2, -0.15) is 9.78 Å². The minimum atomic E-state index is -0.568. The molecule has 0 atom stereocenters. The van der Waals surface area contributed by atoms with E-state index in [1.165, 1.54) is 16.0 Å². The first-order valence-corrected chi connectivity index (χ1v) is 7.95. The molecule has 2 rings (SSSR count). The van der Waals surface area contributed by atoms with Crippen molar-refractivity contribution >= 4 is 23.2 Å². The predicted molar refractivity (Wildman–Crippen MR) is 86.6 cm³/mol. The van der Waals surface area contributed by atoms with Gasteiger partial charge < -0.3 is 4.74 Å². The van der Waals surface area contributed by atoms with Gasteiger partial charge in [-0.25, -0.2) is 4.79 Å². The third-order valence-electron chi connectivity index (χ3n) is 2.95. The maximum absolute atomic E-state index is 12.0. The fraction of sp³-hybridized carbons (Fsp3) is 0.438. The molecule has 0 aliphatic carbocycles. The molecule has 0 amide bonds. The number of hydrogen-bond acceptors (Lipinski definition) is 5. The van der Waals surface area contributed by atoms with Crippen molar-refractivity contribution in [1.29, 1.82) is 0 Å². The van der Waals surface area contributed by atoms with Gasteiger partial charge in [0.1, 0.15) is 5.60 Å². The predicted octanol–water partition coefficient (Wildman–Crippen LogP) is 4.16. The van der Waals surface area contributed by atoms with E-state index in [0.717, 1.165) is 27.3 Å². The molecule has 0 aliphatic rings. The molecule has 0 spiro atoms. The lowest BCUT2D eigenvalue weighted by Crippen LogP contribution is -2.27. The number of thiophene rings is 1. The van der Waals surface area contributed by atoms with Gasteiger partial charge in [-0.1, -0.05) is 6.92 Å². The number of carbonyl (C=O) groups is 2. The summed E-state index contributed by atoms with van der Waals surface area (Å²) in [4.78, 5) is 25.4. The number of aryl methyl sites for hydroxylation is 1. The van der Waals surface area contributed by atoms with E-state index in [1.54, 1.807) is 19.3 Å². The molecule has 2 aromatic heterocycles. The third kappa shape index (κ3) is 3.62. The van der Waals surface area contributed by atoms with Crippen molar-refractivity contribution in [3.63, 3.8) is 0 Å². The molecule has 0 unspecified atom stereocenters. The van der Waals surface area contributed by atoms with Crippen LogP contribution in [0.1, 0.15) is 49.2 Å². The Morgan fingerprint density at radius 1 is 1.36 bits per heavy atom. The molecule has 118 valence electrons. The molecule has 0 fully saturated rings. The number of nitrogens with zero attached hydrogens (tertiary/aromatic N) is 2. The van der Waals surface area contributed by atoms with Gasteiger partial charge in [0.2, 0.25) is 0 Å². The third-order valence-corrected chi connectivity index (χ3v) is 4.33. The van der Waals surface area contributed by atoms with Gasteiger partial charge in [-0.05, 0) is 45.7 Å². The average Bonchev–Trinajstić information content (AvgIpc) is 3.03. The summed E-state index contributed by atoms with van der Waals surface area (Å²) in [5.41, 5.74) is 1.20. The van der Waals surface area contributed by atoms with Gasteiger partial charge in [0.05, 0.1) is 11.1 Å². The lowest BCUT2D eigenvalue weighted by atomic mass is 10.1. The number of carbonyl (C=O) groups excluding carboxylic acids is 2. The van der Waals surface area contributed by atoms with Crippen LogP contribution in [0.4, 0.5) is 4.79 Å². The molecular formula is C16H20N2O3S. The number of Topliss-reactive ketones (excluding diaryl/α,β-unsaturated/α-hetero) is 1. The van der Waals surface area contributed by atoms with Crippen molar-refractivity contribution in [2.24, 2.45) is 0 Å². The molecular weight excluding hydrogens is 300 g/mol. The Morgan fingerprint density at radius 2 is 2.05 bits per heavy atom. The van der Waals surface area contributed by atoms with E-state index in [-0.39, 0.29) is 5.78 Å². The molecule has 2 heterocycles. The largest absolute Gasteiger partial charge is 0.442 e. The smallest absolute Gasteiger partial charge is 0.435 e. The SMILES string of the molecule is CCc1sc(C(C)=O)cc1-c1cnn(C(=O)OC(C)(C)C)c1. The molecule has 22 heavy (non-hydrogen) atoms. The Labute approximate surface area is 133 Å². The lowest BCUT2D eigenvalue weighted by Gasteiger charge is -2.18. The van der Waals surface area contributed by atoms with Gasteiger partial charge in [0.15, 0.2) is 5.78 Å². The molecule has 0 radical (unpaired) electrons. The first-order chi connectivity index (χ1) is 10.2. The van der Waals surface area contributed by atoms with Gasteiger partial charge in [-0.3, -0.25) is 4.79 Å². The summed E-state index contributed by atoms with van der Waals surface area (Å²) in [5, 5.41) is 4.07. The van der Waals surface area contributed by atoms with Crippen LogP contribution in [-0.4, -0.2) is 27.3 Å². The maximum Gasteiger partial charge on any atom is 0.435 e. The summed E-state index contributed by atoms with van der Waals surface area (Å²) in [6, 6.07) is 1.86. The zero-order valence-electron chi connectivity index (χ0n) is 13.5. The van der Waals surface area contributed by atoms with Crippen LogP contribution in [0.2, 0.25) is 0 Å². The summed E-state index contributed by atoms with van der Waals surface area (Å²) in [6.07, 6.45) is 3.57. The van der Waals surface area contributed by atoms with Crippen LogP contribution >= 0.6 is 11.3 Å². The molecule has 0 bridgehead atoms. The number of ether oxygens (including phenoxy) is 1. The second-order valence-electron chi connectivity index (χ2n) is 6.01. The maximum atomic E-state index is 12.0. The van der Waals surface area contributed by atoms with Crippen LogP contribution in [0.3, 0.4) is 0 Å². The highest BCUT2D eigenvalue weighted by Gasteiger charge is 2.20. The van der Waals surface area contributed by atoms with Crippen LogP contribution in [0.15, 0.2) is 18.5 Å². The van der Waals surface area contributed by atoms with Gasteiger partial charge in [0.25, 0.3) is 0 Å². The number of rotatable bonds is 3. The Hall–Kier alpha value is -1.95. The second-order valence-corrected chi connectivity index (χ2v) is 7.15. The van der Waals surface area contributed by atoms with Crippen LogP contribution in [0.25, 0.3) is 11.1 Å². The molecule has 0 aromatic carbocycles. The molecule has 0 aliphatic heterocycles. The first-order valence-electron chi connectivity index (χ1n) is 7.13. The van der Waals surface area contributed by atoms with E-state index in [9.17, 15) is 9.59 Å². The number of ketones is 1. The van der Waals surface area contributed by atoms with E-state index < -0.39 is 11.7 Å². The molecule has 6 heteroatoms. The van der Waals surface area contributed by atoms with Crippen molar-refractivity contribution in [1.82, 2.24) is 9.78 Å². The van der Waals surface area contributed by atoms with Crippen molar-refractivity contribution in [3.8, 4) is 11.1 Å². The van der Waals surface area contributed by atoms with Crippen LogP contribution in [0, 0.1) is 0 Å². The molecule has 5 nitrogen and oxygen atoms in total. The number of aromatic nitrogens is 2. The Bertz CT molecular complexity index is 707. The zero-order valence-corrected chi connectivity index (χ0v) is 14.3. The van der Waals surface area contributed by atoms with E-state index >= 15 is 0 Å². The Morgan fingerprint density at radius 3 is 2.59 bits per heavy atom. The van der Waals surface area contributed by atoms with Crippen molar-refractivity contribution in [2.75, 3.05) is 0 Å². The van der Waals surface area contributed by atoms with Crippen molar-refractivity contribution in [3.05, 3.63) is 28.2 Å². The summed E-state index contributed by atoms with van der Waals surface area (Å²) >= 11 is 1.49. The summed E-state index contributed by atoms with van der Waals surface area (Å²) in [6.45, 7) is 9.02. The van der Waals surface area contributed by atoms with Crippen LogP contribution in [0.5, 0.6) is 0 Å². The molecule has 0 saturated carbocycles. The normalized spacial score (nSPS) is 11.5. The highest BCUT2D eigenvalue weighted by molar-refractivity contribution is 7.14. The lowest BCUT2D eigenvalue weighted by molar-refractivity contribution is 0.0514. The highest BCUT2D eigenvalue weighted by Crippen LogP contribution is 2.32. The minimum absolute atomic E-state index is 0.0467. The quantitative estimate of drug-likeness (QED) is 0.797. The van der Waals surface area contributed by atoms with E-state index in [2.05, 4.69) is 5.10 Å². The van der Waals surface area contributed by atoms with E-state index in [0.29, 0.717) is 0 Å². The molecule has 0 N–H and O–H groups in total. The van der Waals surface area contributed by atoms with Gasteiger partial charge in [0, 0.05) is 16.6 Å². The summed E-state index contributed by atoms with van der Waals surface area (Å²) in [7, 11) is 0. The first kappa shape index (κ1) is 16.4. The highest BCUT2D eigenvalue weighted by atomic mass is 32.1. The molecule has 0 saturated heterocycles. The summed E-state index contributed by atoms with van der Waals surface area (Å²) in [5.74, 6) is 0.0467. The van der Waals surface area contributed by atoms with Crippen molar-refractivity contribution < 1.29 is 14.3 Å². The van der Waals surface area contributed by atoms with E-state index in [1.807, 2.05) is 33.8 Å². The Balaban J connectivity index is 2.32. The fourth-order valence-corrected chi connectivity index (χ4v) is 3.00. The van der Waals surface area contributed by atoms with E-state index in [4.69, 9.17) is 4.74 Å². The Kier molecular flexibility index (Phi) is 4.51. The van der Waals surface area contributed by atoms with Gasteiger partial charge in [-0.15, -0.1) is 11.3 Å². The van der Waals surface area contributed by atoms with Crippen LogP contribution in [-0.2, 0) is 11.2 Å². The minimum Gasteiger partial charge on any atom is -0.442 e. The van der Waals surface area contributed by atoms with Crippen molar-refractivity contribution in [2.45, 2.75) is 46.6 Å². The monoisotopic (exact) mass is 320 g/mol. The second kappa shape index (κ2) is 6.04. The summed E-state index contributed by atoms with van der Waals surface area (Å²) < 4.78 is 6.47. The standard InChI is InChI=1S/C16H20N2O3S/c1-6-13-12(7-14(22-13)10(2)19)11-8-17-18(9-11)15(20)21-16(3,4)5/h7-9H,6H2,1-5H3. The topological polar surface area (TPSA) is 61.2 Å². The van der Waals surface area contributed by atoms with Gasteiger partial charge >= 0.3 is 6.09 Å². The van der Waals surface area contributed by atoms with Crippen LogP contribution < -0.4 is 0 Å².